The number of carbonyl (C=O) groups is 1. The minimum atomic E-state index is -0.0976. The molecule has 6 heteroatoms. The van der Waals surface area contributed by atoms with Crippen molar-refractivity contribution in [3.63, 3.8) is 0 Å². The van der Waals surface area contributed by atoms with E-state index >= 15 is 0 Å². The normalized spacial score (nSPS) is 14.6. The van der Waals surface area contributed by atoms with Gasteiger partial charge in [0.15, 0.2) is 0 Å². The maximum Gasteiger partial charge on any atom is 0.321 e. The summed E-state index contributed by atoms with van der Waals surface area (Å²) in [6.45, 7) is 3.21. The van der Waals surface area contributed by atoms with E-state index in [1.807, 2.05) is 31.2 Å². The van der Waals surface area contributed by atoms with Gasteiger partial charge in [0.1, 0.15) is 17.7 Å². The Hall–Kier alpha value is -3.07. The number of hydrogen-bond acceptors (Lipinski definition) is 4. The summed E-state index contributed by atoms with van der Waals surface area (Å²) in [6, 6.07) is 13.1. The van der Waals surface area contributed by atoms with Crippen molar-refractivity contribution >= 4 is 11.7 Å². The van der Waals surface area contributed by atoms with Crippen molar-refractivity contribution in [3.05, 3.63) is 53.7 Å². The monoisotopic (exact) mass is 336 g/mol. The minimum Gasteiger partial charge on any atom is -0.473 e. The predicted molar refractivity (Wildman–Crippen MR) is 94.4 cm³/mol. The number of ether oxygens (including phenoxy) is 1. The van der Waals surface area contributed by atoms with Gasteiger partial charge in [0, 0.05) is 37.8 Å². The molecule has 1 saturated heterocycles. The standard InChI is InChI=1S/C19H20N4O2/c1-14-4-2-6-16(12-14)22-19(24)23-10-7-17(8-11-23)25-18-15(13-20)5-3-9-21-18/h2-6,9,12,17H,7-8,10-11H2,1H3,(H,22,24). The summed E-state index contributed by atoms with van der Waals surface area (Å²) in [7, 11) is 0. The van der Waals surface area contributed by atoms with Crippen molar-refractivity contribution in [1.82, 2.24) is 9.88 Å². The fourth-order valence-corrected chi connectivity index (χ4v) is 2.83. The van der Waals surface area contributed by atoms with Gasteiger partial charge in [0.25, 0.3) is 0 Å². The molecule has 0 aliphatic carbocycles. The number of amides is 2. The summed E-state index contributed by atoms with van der Waals surface area (Å²) in [6.07, 6.45) is 3.00. The third-order valence-electron chi connectivity index (χ3n) is 4.17. The smallest absolute Gasteiger partial charge is 0.321 e. The number of nitrogens with zero attached hydrogens (tertiary/aromatic N) is 3. The number of aromatic nitrogens is 1. The second-order valence-corrected chi connectivity index (χ2v) is 6.07. The number of likely N-dealkylation sites (tertiary alicyclic amines) is 1. The maximum absolute atomic E-state index is 12.4. The highest BCUT2D eigenvalue weighted by Gasteiger charge is 2.25. The van der Waals surface area contributed by atoms with Crippen LogP contribution in [0, 0.1) is 18.3 Å². The number of nitrogens with one attached hydrogen (secondary N) is 1. The molecule has 1 fully saturated rings. The average molecular weight is 336 g/mol. The summed E-state index contributed by atoms with van der Waals surface area (Å²) in [5.74, 6) is 0.368. The molecule has 1 N–H and O–H groups in total. The van der Waals surface area contributed by atoms with Crippen molar-refractivity contribution in [2.24, 2.45) is 0 Å². The number of nitriles is 1. The number of hydrogen-bond donors (Lipinski definition) is 1. The van der Waals surface area contributed by atoms with E-state index < -0.39 is 0 Å². The summed E-state index contributed by atoms with van der Waals surface area (Å²) in [4.78, 5) is 18.3. The Balaban J connectivity index is 1.53. The lowest BCUT2D eigenvalue weighted by atomic mass is 10.1. The number of piperidine rings is 1. The first-order valence-electron chi connectivity index (χ1n) is 8.30. The Morgan fingerprint density at radius 2 is 2.12 bits per heavy atom. The number of benzene rings is 1. The Bertz CT molecular complexity index is 792. The molecule has 128 valence electrons. The first-order chi connectivity index (χ1) is 12.2. The molecular weight excluding hydrogens is 316 g/mol. The van der Waals surface area contributed by atoms with E-state index in [9.17, 15) is 4.79 Å². The minimum absolute atomic E-state index is 0.0370. The van der Waals surface area contributed by atoms with Crippen LogP contribution in [-0.2, 0) is 0 Å². The van der Waals surface area contributed by atoms with Gasteiger partial charge in [-0.2, -0.15) is 5.26 Å². The van der Waals surface area contributed by atoms with Crippen LogP contribution in [0.2, 0.25) is 0 Å². The largest absolute Gasteiger partial charge is 0.473 e. The van der Waals surface area contributed by atoms with Crippen LogP contribution in [0.25, 0.3) is 0 Å². The summed E-state index contributed by atoms with van der Waals surface area (Å²) in [5.41, 5.74) is 2.34. The fraction of sp³-hybridized carbons (Fsp3) is 0.316. The van der Waals surface area contributed by atoms with Crippen LogP contribution >= 0.6 is 0 Å². The first kappa shape index (κ1) is 16.8. The topological polar surface area (TPSA) is 78.2 Å². The molecule has 3 rings (SSSR count). The Morgan fingerprint density at radius 1 is 1.32 bits per heavy atom. The van der Waals surface area contributed by atoms with Gasteiger partial charge in [-0.15, -0.1) is 0 Å². The van der Waals surface area contributed by atoms with Crippen molar-refractivity contribution in [2.45, 2.75) is 25.9 Å². The summed E-state index contributed by atoms with van der Waals surface area (Å²) >= 11 is 0. The summed E-state index contributed by atoms with van der Waals surface area (Å²) < 4.78 is 5.85. The van der Waals surface area contributed by atoms with Crippen LogP contribution in [0.4, 0.5) is 10.5 Å². The zero-order chi connectivity index (χ0) is 17.6. The van der Waals surface area contributed by atoms with Gasteiger partial charge in [0.05, 0.1) is 0 Å². The lowest BCUT2D eigenvalue weighted by Gasteiger charge is -2.32. The number of rotatable bonds is 3. The molecule has 0 bridgehead atoms. The molecule has 2 amide bonds. The van der Waals surface area contributed by atoms with E-state index in [4.69, 9.17) is 10.00 Å². The second kappa shape index (κ2) is 7.67. The average Bonchev–Trinajstić information content (AvgIpc) is 2.63. The molecule has 1 aliphatic rings. The van der Waals surface area contributed by atoms with Gasteiger partial charge in [-0.05, 0) is 36.8 Å². The summed E-state index contributed by atoms with van der Waals surface area (Å²) in [5, 5.41) is 12.0. The van der Waals surface area contributed by atoms with Gasteiger partial charge in [-0.3, -0.25) is 0 Å². The maximum atomic E-state index is 12.4. The van der Waals surface area contributed by atoms with Crippen molar-refractivity contribution in [1.29, 1.82) is 5.26 Å². The van der Waals surface area contributed by atoms with Gasteiger partial charge in [-0.25, -0.2) is 9.78 Å². The molecule has 0 unspecified atom stereocenters. The quantitative estimate of drug-likeness (QED) is 0.932. The number of anilines is 1. The lowest BCUT2D eigenvalue weighted by Crippen LogP contribution is -2.43. The predicted octanol–water partition coefficient (Wildman–Crippen LogP) is 3.34. The van der Waals surface area contributed by atoms with E-state index in [1.165, 1.54) is 0 Å². The third kappa shape index (κ3) is 4.27. The molecule has 25 heavy (non-hydrogen) atoms. The van der Waals surface area contributed by atoms with Crippen LogP contribution in [-0.4, -0.2) is 35.1 Å². The Morgan fingerprint density at radius 3 is 2.84 bits per heavy atom. The highest BCUT2D eigenvalue weighted by Crippen LogP contribution is 2.21. The highest BCUT2D eigenvalue weighted by atomic mass is 16.5. The number of pyridine rings is 1. The molecule has 0 spiro atoms. The van der Waals surface area contributed by atoms with E-state index in [1.54, 1.807) is 23.2 Å². The Kier molecular flexibility index (Phi) is 5.14. The molecule has 0 saturated carbocycles. The van der Waals surface area contributed by atoms with Crippen LogP contribution < -0.4 is 10.1 Å². The number of carbonyl (C=O) groups excluding carboxylic acids is 1. The number of aryl methyl sites for hydroxylation is 1. The van der Waals surface area contributed by atoms with Crippen molar-refractivity contribution < 1.29 is 9.53 Å². The van der Waals surface area contributed by atoms with Crippen molar-refractivity contribution in [2.75, 3.05) is 18.4 Å². The molecule has 1 aliphatic heterocycles. The van der Waals surface area contributed by atoms with Crippen molar-refractivity contribution in [3.8, 4) is 11.9 Å². The Labute approximate surface area is 147 Å². The molecule has 2 heterocycles. The molecule has 2 aromatic rings. The van der Waals surface area contributed by atoms with Crippen LogP contribution in [0.3, 0.4) is 0 Å². The lowest BCUT2D eigenvalue weighted by molar-refractivity contribution is 0.111. The molecule has 1 aromatic carbocycles. The molecular formula is C19H20N4O2. The van der Waals surface area contributed by atoms with E-state index in [0.29, 0.717) is 37.4 Å². The van der Waals surface area contributed by atoms with E-state index in [0.717, 1.165) is 11.3 Å². The molecule has 1 aromatic heterocycles. The van der Waals surface area contributed by atoms with Crippen LogP contribution in [0.5, 0.6) is 5.88 Å². The fourth-order valence-electron chi connectivity index (χ4n) is 2.83. The van der Waals surface area contributed by atoms with Gasteiger partial charge in [0.2, 0.25) is 5.88 Å². The van der Waals surface area contributed by atoms with E-state index in [-0.39, 0.29) is 12.1 Å². The van der Waals surface area contributed by atoms with Gasteiger partial charge in [-0.1, -0.05) is 12.1 Å². The zero-order valence-corrected chi connectivity index (χ0v) is 14.1. The van der Waals surface area contributed by atoms with Gasteiger partial charge < -0.3 is 15.0 Å². The van der Waals surface area contributed by atoms with Crippen LogP contribution in [0.15, 0.2) is 42.6 Å². The molecule has 0 radical (unpaired) electrons. The number of urea groups is 1. The van der Waals surface area contributed by atoms with Crippen LogP contribution in [0.1, 0.15) is 24.0 Å². The second-order valence-electron chi connectivity index (χ2n) is 6.07. The zero-order valence-electron chi connectivity index (χ0n) is 14.1. The third-order valence-corrected chi connectivity index (χ3v) is 4.17. The molecule has 0 atom stereocenters. The molecule has 6 nitrogen and oxygen atoms in total. The van der Waals surface area contributed by atoms with Gasteiger partial charge >= 0.3 is 6.03 Å². The highest BCUT2D eigenvalue weighted by molar-refractivity contribution is 5.89. The van der Waals surface area contributed by atoms with E-state index in [2.05, 4.69) is 16.4 Å². The SMILES string of the molecule is Cc1cccc(NC(=O)N2CCC(Oc3ncccc3C#N)CC2)c1. The first-order valence-corrected chi connectivity index (χ1v) is 8.30.